The van der Waals surface area contributed by atoms with Gasteiger partial charge in [-0.25, -0.2) is 0 Å². The Hall–Kier alpha value is -1.19. The lowest BCUT2D eigenvalue weighted by atomic mass is 10.2. The lowest BCUT2D eigenvalue weighted by Crippen LogP contribution is -2.25. The van der Waals surface area contributed by atoms with Crippen LogP contribution in [0.1, 0.15) is 26.2 Å². The molecule has 0 heterocycles. The van der Waals surface area contributed by atoms with E-state index in [1.807, 2.05) is 0 Å². The first kappa shape index (κ1) is 10.8. The molecule has 68 valence electrons. The van der Waals surface area contributed by atoms with E-state index >= 15 is 0 Å². The van der Waals surface area contributed by atoms with Crippen LogP contribution in [0.5, 0.6) is 0 Å². The molecule has 0 rings (SSSR count). The number of Topliss-reactive ketones (excluding diaryl/α,β-unsaturated/α-hetero) is 1. The number of rotatable bonds is 6. The number of nitrogens with one attached hydrogen (secondary N) is 1. The van der Waals surface area contributed by atoms with Gasteiger partial charge >= 0.3 is 0 Å². The number of ketones is 1. The van der Waals surface area contributed by atoms with Crippen LogP contribution in [0.3, 0.4) is 0 Å². The molecule has 0 saturated carbocycles. The minimum absolute atomic E-state index is 0.0269. The molecule has 0 aliphatic rings. The molecule has 12 heavy (non-hydrogen) atoms. The van der Waals surface area contributed by atoms with Gasteiger partial charge in [-0.05, 0) is 0 Å². The number of hydrogen-bond donors (Lipinski definition) is 1. The SMILES string of the molecule is CCC(=O)CCC(=O)NCC=O. The van der Waals surface area contributed by atoms with E-state index in [0.717, 1.165) is 0 Å². The number of aldehydes is 1. The fourth-order valence-corrected chi connectivity index (χ4v) is 0.674. The lowest BCUT2D eigenvalue weighted by Gasteiger charge is -1.98. The molecule has 0 unspecified atom stereocenters. The van der Waals surface area contributed by atoms with Gasteiger partial charge in [0.25, 0.3) is 0 Å². The summed E-state index contributed by atoms with van der Waals surface area (Å²) in [6.45, 7) is 1.78. The van der Waals surface area contributed by atoms with Gasteiger partial charge in [0.2, 0.25) is 5.91 Å². The van der Waals surface area contributed by atoms with Crippen LogP contribution in [-0.4, -0.2) is 24.5 Å². The van der Waals surface area contributed by atoms with E-state index in [2.05, 4.69) is 5.32 Å². The summed E-state index contributed by atoms with van der Waals surface area (Å²) in [6.07, 6.45) is 1.52. The van der Waals surface area contributed by atoms with Gasteiger partial charge in [0, 0.05) is 19.3 Å². The van der Waals surface area contributed by atoms with Crippen molar-refractivity contribution in [2.45, 2.75) is 26.2 Å². The summed E-state index contributed by atoms with van der Waals surface area (Å²) < 4.78 is 0. The van der Waals surface area contributed by atoms with Crippen LogP contribution in [0.25, 0.3) is 0 Å². The topological polar surface area (TPSA) is 63.2 Å². The van der Waals surface area contributed by atoms with Gasteiger partial charge in [-0.2, -0.15) is 0 Å². The Morgan fingerprint density at radius 2 is 2.00 bits per heavy atom. The van der Waals surface area contributed by atoms with E-state index in [-0.39, 0.29) is 31.1 Å². The highest BCUT2D eigenvalue weighted by atomic mass is 16.2. The van der Waals surface area contributed by atoms with Crippen molar-refractivity contribution in [1.29, 1.82) is 0 Å². The summed E-state index contributed by atoms with van der Waals surface area (Å²) in [4.78, 5) is 31.4. The van der Waals surface area contributed by atoms with E-state index < -0.39 is 0 Å². The fraction of sp³-hybridized carbons (Fsp3) is 0.625. The van der Waals surface area contributed by atoms with Gasteiger partial charge in [-0.3, -0.25) is 9.59 Å². The summed E-state index contributed by atoms with van der Waals surface area (Å²) in [5.74, 6) is -0.180. The molecule has 1 N–H and O–H groups in total. The van der Waals surface area contributed by atoms with Crippen LogP contribution in [-0.2, 0) is 14.4 Å². The third-order valence-corrected chi connectivity index (χ3v) is 1.41. The molecule has 0 radical (unpaired) electrons. The largest absolute Gasteiger partial charge is 0.349 e. The molecular formula is C8H13NO3. The smallest absolute Gasteiger partial charge is 0.220 e. The zero-order chi connectivity index (χ0) is 9.40. The van der Waals surface area contributed by atoms with Gasteiger partial charge in [-0.1, -0.05) is 6.92 Å². The van der Waals surface area contributed by atoms with Crippen molar-refractivity contribution < 1.29 is 14.4 Å². The number of amides is 1. The summed E-state index contributed by atoms with van der Waals surface area (Å²) in [5, 5.41) is 2.35. The quantitative estimate of drug-likeness (QED) is 0.575. The van der Waals surface area contributed by atoms with Crippen LogP contribution in [0.15, 0.2) is 0 Å². The van der Waals surface area contributed by atoms with Crippen molar-refractivity contribution in [1.82, 2.24) is 5.32 Å². The minimum Gasteiger partial charge on any atom is -0.349 e. The van der Waals surface area contributed by atoms with Crippen molar-refractivity contribution in [3.8, 4) is 0 Å². The van der Waals surface area contributed by atoms with Crippen molar-refractivity contribution >= 4 is 18.0 Å². The zero-order valence-corrected chi connectivity index (χ0v) is 7.13. The predicted octanol–water partition coefficient (Wildman–Crippen LogP) is 0.0608. The molecule has 1 amide bonds. The first-order valence-corrected chi connectivity index (χ1v) is 3.92. The van der Waals surface area contributed by atoms with Crippen LogP contribution in [0, 0.1) is 0 Å². The highest BCUT2D eigenvalue weighted by molar-refractivity contribution is 5.85. The summed E-state index contributed by atoms with van der Waals surface area (Å²) in [6, 6.07) is 0. The van der Waals surface area contributed by atoms with Crippen LogP contribution in [0.4, 0.5) is 0 Å². The lowest BCUT2D eigenvalue weighted by molar-refractivity contribution is -0.125. The van der Waals surface area contributed by atoms with E-state index in [1.54, 1.807) is 6.92 Å². The zero-order valence-electron chi connectivity index (χ0n) is 7.13. The Labute approximate surface area is 71.3 Å². The maximum atomic E-state index is 10.8. The summed E-state index contributed by atoms with van der Waals surface area (Å²) in [5.41, 5.74) is 0. The molecule has 0 aliphatic carbocycles. The van der Waals surface area contributed by atoms with Crippen molar-refractivity contribution in [3.05, 3.63) is 0 Å². The monoisotopic (exact) mass is 171 g/mol. The molecule has 4 heteroatoms. The summed E-state index contributed by atoms with van der Waals surface area (Å²) >= 11 is 0. The van der Waals surface area contributed by atoms with E-state index in [4.69, 9.17) is 0 Å². The van der Waals surface area contributed by atoms with Gasteiger partial charge in [0.05, 0.1) is 6.54 Å². The Kier molecular flexibility index (Phi) is 5.87. The molecule has 0 spiro atoms. The van der Waals surface area contributed by atoms with E-state index in [1.165, 1.54) is 0 Å². The highest BCUT2D eigenvalue weighted by Crippen LogP contribution is 1.93. The van der Waals surface area contributed by atoms with Gasteiger partial charge in [0.15, 0.2) is 0 Å². The Balaban J connectivity index is 3.43. The third kappa shape index (κ3) is 5.58. The molecule has 0 aromatic rings. The van der Waals surface area contributed by atoms with Gasteiger partial charge in [0.1, 0.15) is 12.1 Å². The molecule has 4 nitrogen and oxygen atoms in total. The second-order valence-electron chi connectivity index (χ2n) is 2.36. The fourth-order valence-electron chi connectivity index (χ4n) is 0.674. The van der Waals surface area contributed by atoms with Gasteiger partial charge in [-0.15, -0.1) is 0 Å². The van der Waals surface area contributed by atoms with Crippen LogP contribution < -0.4 is 5.32 Å². The average molecular weight is 171 g/mol. The minimum atomic E-state index is -0.246. The molecule has 0 atom stereocenters. The Morgan fingerprint density at radius 1 is 1.33 bits per heavy atom. The predicted molar refractivity (Wildman–Crippen MR) is 43.6 cm³/mol. The first-order valence-electron chi connectivity index (χ1n) is 3.92. The van der Waals surface area contributed by atoms with Crippen molar-refractivity contribution in [2.75, 3.05) is 6.54 Å². The average Bonchev–Trinajstić information content (AvgIpc) is 2.10. The number of hydrogen-bond acceptors (Lipinski definition) is 3. The highest BCUT2D eigenvalue weighted by Gasteiger charge is 2.03. The molecule has 0 saturated heterocycles. The normalized spacial score (nSPS) is 9.08. The maximum Gasteiger partial charge on any atom is 0.220 e. The third-order valence-electron chi connectivity index (χ3n) is 1.41. The number of carbonyl (C=O) groups is 3. The van der Waals surface area contributed by atoms with Crippen molar-refractivity contribution in [2.24, 2.45) is 0 Å². The molecule has 0 aliphatic heterocycles. The summed E-state index contributed by atoms with van der Waals surface area (Å²) in [7, 11) is 0. The first-order chi connectivity index (χ1) is 5.70. The second kappa shape index (κ2) is 6.52. The number of carbonyl (C=O) groups excluding carboxylic acids is 3. The molecule has 0 aromatic carbocycles. The maximum absolute atomic E-state index is 10.8. The second-order valence-corrected chi connectivity index (χ2v) is 2.36. The van der Waals surface area contributed by atoms with Crippen LogP contribution >= 0.6 is 0 Å². The molecule has 0 bridgehead atoms. The van der Waals surface area contributed by atoms with E-state index in [9.17, 15) is 14.4 Å². The standard InChI is InChI=1S/C8H13NO3/c1-2-7(11)3-4-8(12)9-5-6-10/h6H,2-5H2,1H3,(H,9,12). The van der Waals surface area contributed by atoms with Gasteiger partial charge < -0.3 is 10.1 Å². The molecular weight excluding hydrogens is 158 g/mol. The molecule has 0 fully saturated rings. The Bertz CT molecular complexity index is 177. The van der Waals surface area contributed by atoms with Crippen molar-refractivity contribution in [3.63, 3.8) is 0 Å². The van der Waals surface area contributed by atoms with E-state index in [0.29, 0.717) is 12.7 Å². The Morgan fingerprint density at radius 3 is 2.50 bits per heavy atom. The molecule has 0 aromatic heterocycles. The van der Waals surface area contributed by atoms with Crippen LogP contribution in [0.2, 0.25) is 0 Å².